The second-order valence-corrected chi connectivity index (χ2v) is 9.51. The molecule has 32 heavy (non-hydrogen) atoms. The number of hydrogen-bond acceptors (Lipinski definition) is 7. The van der Waals surface area contributed by atoms with Crippen molar-refractivity contribution >= 4 is 29.0 Å². The molecule has 2 aromatic heterocycles. The van der Waals surface area contributed by atoms with Crippen LogP contribution in [0.5, 0.6) is 5.75 Å². The van der Waals surface area contributed by atoms with Gasteiger partial charge < -0.3 is 14.6 Å². The number of nitrogens with zero attached hydrogens (tertiary/aromatic N) is 4. The third-order valence-corrected chi connectivity index (χ3v) is 7.51. The maximum absolute atomic E-state index is 12.7. The number of amides is 1. The Labute approximate surface area is 197 Å². The lowest BCUT2D eigenvalue weighted by Crippen LogP contribution is -2.37. The summed E-state index contributed by atoms with van der Waals surface area (Å²) in [5, 5.41) is 14.6. The van der Waals surface area contributed by atoms with Crippen molar-refractivity contribution in [3.63, 3.8) is 0 Å². The molecule has 9 heteroatoms. The second kappa shape index (κ2) is 11.0. The first-order valence-corrected chi connectivity index (χ1v) is 12.8. The molecule has 4 rings (SSSR count). The fourth-order valence-corrected chi connectivity index (χ4v) is 5.64. The Morgan fingerprint density at radius 3 is 2.75 bits per heavy atom. The molecule has 1 aliphatic heterocycles. The number of rotatable bonds is 10. The highest BCUT2D eigenvalue weighted by molar-refractivity contribution is 7.99. The van der Waals surface area contributed by atoms with Crippen molar-refractivity contribution in [2.45, 2.75) is 37.5 Å². The lowest BCUT2D eigenvalue weighted by Gasteiger charge is -2.29. The van der Waals surface area contributed by atoms with Crippen molar-refractivity contribution in [2.75, 3.05) is 32.5 Å². The van der Waals surface area contributed by atoms with Crippen molar-refractivity contribution in [1.29, 1.82) is 0 Å². The molecule has 170 valence electrons. The van der Waals surface area contributed by atoms with Gasteiger partial charge in [0, 0.05) is 18.7 Å². The summed E-state index contributed by atoms with van der Waals surface area (Å²) in [5.41, 5.74) is 1.12. The van der Waals surface area contributed by atoms with Gasteiger partial charge in [0.05, 0.1) is 23.8 Å². The monoisotopic (exact) mass is 471 g/mol. The highest BCUT2D eigenvalue weighted by atomic mass is 32.2. The van der Waals surface area contributed by atoms with Gasteiger partial charge in [0.15, 0.2) is 11.0 Å². The predicted molar refractivity (Wildman–Crippen MR) is 129 cm³/mol. The van der Waals surface area contributed by atoms with Crippen molar-refractivity contribution in [1.82, 2.24) is 25.0 Å². The second-order valence-electron chi connectivity index (χ2n) is 7.62. The van der Waals surface area contributed by atoms with Gasteiger partial charge in [0.2, 0.25) is 5.91 Å². The van der Waals surface area contributed by atoms with Gasteiger partial charge >= 0.3 is 0 Å². The average molecular weight is 472 g/mol. The quantitative estimate of drug-likeness (QED) is 0.449. The molecule has 3 heterocycles. The van der Waals surface area contributed by atoms with Gasteiger partial charge in [-0.05, 0) is 50.4 Å². The molecule has 3 aromatic rings. The fourth-order valence-electron chi connectivity index (χ4n) is 4.09. The lowest BCUT2D eigenvalue weighted by atomic mass is 10.0. The van der Waals surface area contributed by atoms with Crippen LogP contribution in [0.25, 0.3) is 10.7 Å². The van der Waals surface area contributed by atoms with E-state index < -0.39 is 0 Å². The van der Waals surface area contributed by atoms with Gasteiger partial charge in [-0.3, -0.25) is 9.69 Å². The van der Waals surface area contributed by atoms with E-state index in [2.05, 4.69) is 38.0 Å². The van der Waals surface area contributed by atoms with Crippen molar-refractivity contribution in [3.8, 4) is 16.5 Å². The topological polar surface area (TPSA) is 72.3 Å². The number of carbonyl (C=O) groups is 1. The SMILES string of the molecule is CCn1c(SCC(=O)NCC(c2ccccc2OC)N2CCCC2)nnc1-c1cccs1. The van der Waals surface area contributed by atoms with Crippen molar-refractivity contribution < 1.29 is 9.53 Å². The molecule has 1 amide bonds. The average Bonchev–Trinajstić information content (AvgIpc) is 3.59. The number of para-hydroxylation sites is 1. The molecule has 1 unspecified atom stereocenters. The van der Waals surface area contributed by atoms with Crippen LogP contribution in [-0.2, 0) is 11.3 Å². The zero-order valence-corrected chi connectivity index (χ0v) is 20.1. The normalized spacial score (nSPS) is 15.1. The first-order valence-electron chi connectivity index (χ1n) is 10.9. The van der Waals surface area contributed by atoms with E-state index in [0.717, 1.165) is 46.8 Å². The molecular weight excluding hydrogens is 442 g/mol. The van der Waals surface area contributed by atoms with E-state index in [-0.39, 0.29) is 11.9 Å². The number of carbonyl (C=O) groups excluding carboxylic acids is 1. The molecule has 0 aliphatic carbocycles. The lowest BCUT2D eigenvalue weighted by molar-refractivity contribution is -0.118. The Morgan fingerprint density at radius 2 is 2.03 bits per heavy atom. The number of hydrogen-bond donors (Lipinski definition) is 1. The van der Waals surface area contributed by atoms with Gasteiger partial charge in [0.1, 0.15) is 5.75 Å². The van der Waals surface area contributed by atoms with Crippen LogP contribution in [0.15, 0.2) is 46.9 Å². The number of methoxy groups -OCH3 is 1. The molecule has 1 aliphatic rings. The van der Waals surface area contributed by atoms with Crippen LogP contribution in [0.2, 0.25) is 0 Å². The molecule has 7 nitrogen and oxygen atoms in total. The highest BCUT2D eigenvalue weighted by Crippen LogP contribution is 2.31. The largest absolute Gasteiger partial charge is 0.496 e. The molecular formula is C23H29N5O2S2. The van der Waals surface area contributed by atoms with Crippen LogP contribution in [0.4, 0.5) is 0 Å². The van der Waals surface area contributed by atoms with Gasteiger partial charge in [-0.25, -0.2) is 0 Å². The van der Waals surface area contributed by atoms with E-state index in [0.29, 0.717) is 12.3 Å². The molecule has 0 radical (unpaired) electrons. The molecule has 1 atom stereocenters. The predicted octanol–water partition coefficient (Wildman–Crippen LogP) is 4.08. The number of ether oxygens (including phenoxy) is 1. The van der Waals surface area contributed by atoms with E-state index in [9.17, 15) is 4.79 Å². The Balaban J connectivity index is 1.39. The summed E-state index contributed by atoms with van der Waals surface area (Å²) in [6, 6.07) is 12.2. The summed E-state index contributed by atoms with van der Waals surface area (Å²) in [4.78, 5) is 16.2. The number of nitrogens with one attached hydrogen (secondary N) is 1. The Hall–Kier alpha value is -2.36. The van der Waals surface area contributed by atoms with Crippen LogP contribution < -0.4 is 10.1 Å². The van der Waals surface area contributed by atoms with Crippen LogP contribution in [-0.4, -0.2) is 58.1 Å². The van der Waals surface area contributed by atoms with Crippen molar-refractivity contribution in [2.24, 2.45) is 0 Å². The number of thioether (sulfide) groups is 1. The summed E-state index contributed by atoms with van der Waals surface area (Å²) in [5.74, 6) is 2.03. The Bertz CT molecular complexity index is 1020. The zero-order chi connectivity index (χ0) is 22.3. The highest BCUT2D eigenvalue weighted by Gasteiger charge is 2.26. The summed E-state index contributed by atoms with van der Waals surface area (Å²) < 4.78 is 7.66. The van der Waals surface area contributed by atoms with Crippen LogP contribution in [0.1, 0.15) is 31.4 Å². The standard InChI is InChI=1S/C23H29N5O2S2/c1-3-28-22(20-11-8-14-31-20)25-26-23(28)32-16-21(29)24-15-18(27-12-6-7-13-27)17-9-4-5-10-19(17)30-2/h4-5,8-11,14,18H,3,6-7,12-13,15-16H2,1-2H3,(H,24,29). The third kappa shape index (κ3) is 5.16. The van der Waals surface area contributed by atoms with Crippen molar-refractivity contribution in [3.05, 3.63) is 47.3 Å². The van der Waals surface area contributed by atoms with Gasteiger partial charge in [-0.2, -0.15) is 0 Å². The van der Waals surface area contributed by atoms with E-state index >= 15 is 0 Å². The van der Waals surface area contributed by atoms with E-state index in [1.165, 1.54) is 24.6 Å². The Morgan fingerprint density at radius 1 is 1.22 bits per heavy atom. The van der Waals surface area contributed by atoms with Crippen LogP contribution in [0.3, 0.4) is 0 Å². The molecule has 0 saturated carbocycles. The minimum absolute atomic E-state index is 0.00239. The Kier molecular flexibility index (Phi) is 7.83. The number of thiophene rings is 1. The summed E-state index contributed by atoms with van der Waals surface area (Å²) in [7, 11) is 1.70. The number of aromatic nitrogens is 3. The fraction of sp³-hybridized carbons (Fsp3) is 0.435. The first kappa shape index (κ1) is 22.8. The van der Waals surface area contributed by atoms with Gasteiger partial charge in [0.25, 0.3) is 0 Å². The zero-order valence-electron chi connectivity index (χ0n) is 18.5. The summed E-state index contributed by atoms with van der Waals surface area (Å²) >= 11 is 3.07. The molecule has 0 spiro atoms. The maximum atomic E-state index is 12.7. The molecule has 1 fully saturated rings. The molecule has 1 saturated heterocycles. The van der Waals surface area contributed by atoms with Gasteiger partial charge in [-0.1, -0.05) is 36.0 Å². The van der Waals surface area contributed by atoms with E-state index in [1.54, 1.807) is 18.4 Å². The van der Waals surface area contributed by atoms with Crippen LogP contribution in [0, 0.1) is 0 Å². The van der Waals surface area contributed by atoms with E-state index in [1.807, 2.05) is 35.7 Å². The molecule has 1 aromatic carbocycles. The van der Waals surface area contributed by atoms with Crippen LogP contribution >= 0.6 is 23.1 Å². The third-order valence-electron chi connectivity index (χ3n) is 5.68. The van der Waals surface area contributed by atoms with Gasteiger partial charge in [-0.15, -0.1) is 21.5 Å². The maximum Gasteiger partial charge on any atom is 0.230 e. The minimum Gasteiger partial charge on any atom is -0.496 e. The minimum atomic E-state index is -0.00239. The number of benzene rings is 1. The first-order chi connectivity index (χ1) is 15.7. The molecule has 1 N–H and O–H groups in total. The smallest absolute Gasteiger partial charge is 0.230 e. The summed E-state index contributed by atoms with van der Waals surface area (Å²) in [6.07, 6.45) is 2.38. The summed E-state index contributed by atoms with van der Waals surface area (Å²) in [6.45, 7) is 5.46. The van der Waals surface area contributed by atoms with E-state index in [4.69, 9.17) is 4.74 Å². The molecule has 0 bridgehead atoms. The number of likely N-dealkylation sites (tertiary alicyclic amines) is 1.